The maximum atomic E-state index is 12.4. The Morgan fingerprint density at radius 1 is 1.33 bits per heavy atom. The zero-order valence-electron chi connectivity index (χ0n) is 11.3. The highest BCUT2D eigenvalue weighted by Crippen LogP contribution is 2.29. The van der Waals surface area contributed by atoms with Gasteiger partial charge in [-0.2, -0.15) is 0 Å². The molecule has 0 fully saturated rings. The van der Waals surface area contributed by atoms with Gasteiger partial charge in [-0.15, -0.1) is 11.3 Å². The number of carboxylic acids is 1. The molecular formula is C13H13NO5S2. The Hall–Kier alpha value is -2.06. The molecule has 0 aliphatic rings. The number of hydrogen-bond donors (Lipinski definition) is 2. The van der Waals surface area contributed by atoms with Crippen molar-refractivity contribution in [3.63, 3.8) is 0 Å². The predicted octanol–water partition coefficient (Wildman–Crippen LogP) is 2.56. The molecule has 0 aliphatic carbocycles. The van der Waals surface area contributed by atoms with E-state index in [1.54, 1.807) is 19.1 Å². The maximum Gasteiger partial charge on any atom is 0.348 e. The normalized spacial score (nSPS) is 11.1. The van der Waals surface area contributed by atoms with Crippen LogP contribution in [0.2, 0.25) is 0 Å². The Kier molecular flexibility index (Phi) is 4.19. The second kappa shape index (κ2) is 5.74. The number of anilines is 1. The number of benzene rings is 1. The van der Waals surface area contributed by atoms with E-state index < -0.39 is 16.0 Å². The van der Waals surface area contributed by atoms with Crippen LogP contribution in [0.3, 0.4) is 0 Å². The quantitative estimate of drug-likeness (QED) is 0.880. The number of carbonyl (C=O) groups is 1. The number of rotatable bonds is 5. The summed E-state index contributed by atoms with van der Waals surface area (Å²) in [6.45, 7) is 1.76. The molecule has 2 aromatic rings. The van der Waals surface area contributed by atoms with Gasteiger partial charge in [0, 0.05) is 0 Å². The first-order valence-corrected chi connectivity index (χ1v) is 8.19. The standard InChI is InChI=1S/C13H13NO5S2/c1-8-3-4-10(19-2)11(7-8)21(17,18)14-9-5-6-20-12(9)13(15)16/h3-7,14H,1-2H3,(H,15,16). The molecule has 0 saturated heterocycles. The van der Waals surface area contributed by atoms with E-state index in [1.165, 1.54) is 24.6 Å². The molecule has 0 amide bonds. The molecule has 112 valence electrons. The molecule has 2 N–H and O–H groups in total. The zero-order chi connectivity index (χ0) is 15.6. The fraction of sp³-hybridized carbons (Fsp3) is 0.154. The van der Waals surface area contributed by atoms with Gasteiger partial charge in [-0.3, -0.25) is 4.72 Å². The Bertz CT molecular complexity index is 780. The smallest absolute Gasteiger partial charge is 0.348 e. The first-order valence-electron chi connectivity index (χ1n) is 5.83. The van der Waals surface area contributed by atoms with Crippen LogP contribution >= 0.6 is 11.3 Å². The third kappa shape index (κ3) is 3.17. The first kappa shape index (κ1) is 15.3. The van der Waals surface area contributed by atoms with Crippen LogP contribution in [0.5, 0.6) is 5.75 Å². The third-order valence-corrected chi connectivity index (χ3v) is 5.00. The average molecular weight is 327 g/mol. The van der Waals surface area contributed by atoms with Crippen molar-refractivity contribution in [1.82, 2.24) is 0 Å². The Morgan fingerprint density at radius 2 is 2.05 bits per heavy atom. The highest BCUT2D eigenvalue weighted by Gasteiger charge is 2.23. The largest absolute Gasteiger partial charge is 0.495 e. The van der Waals surface area contributed by atoms with E-state index in [4.69, 9.17) is 9.84 Å². The van der Waals surface area contributed by atoms with Crippen LogP contribution in [0.25, 0.3) is 0 Å². The van der Waals surface area contributed by atoms with Crippen molar-refractivity contribution in [3.05, 3.63) is 40.1 Å². The number of aryl methyl sites for hydroxylation is 1. The van der Waals surface area contributed by atoms with Crippen molar-refractivity contribution >= 4 is 33.0 Å². The molecule has 0 unspecified atom stereocenters. The molecular weight excluding hydrogens is 314 g/mol. The number of nitrogens with one attached hydrogen (secondary N) is 1. The van der Waals surface area contributed by atoms with Crippen LogP contribution in [-0.2, 0) is 10.0 Å². The van der Waals surface area contributed by atoms with Gasteiger partial charge in [0.25, 0.3) is 10.0 Å². The van der Waals surface area contributed by atoms with Gasteiger partial charge in [0.2, 0.25) is 0 Å². The minimum Gasteiger partial charge on any atom is -0.495 e. The molecule has 21 heavy (non-hydrogen) atoms. The van der Waals surface area contributed by atoms with Gasteiger partial charge in [0.05, 0.1) is 12.8 Å². The van der Waals surface area contributed by atoms with E-state index in [9.17, 15) is 13.2 Å². The Balaban J connectivity index is 2.46. The number of carboxylic acid groups (broad SMARTS) is 1. The van der Waals surface area contributed by atoms with Gasteiger partial charge >= 0.3 is 5.97 Å². The van der Waals surface area contributed by atoms with Crippen molar-refractivity contribution in [2.75, 3.05) is 11.8 Å². The molecule has 6 nitrogen and oxygen atoms in total. The summed E-state index contributed by atoms with van der Waals surface area (Å²) in [6, 6.07) is 6.16. The van der Waals surface area contributed by atoms with Gasteiger partial charge in [0.15, 0.2) is 0 Å². The number of thiophene rings is 1. The summed E-state index contributed by atoms with van der Waals surface area (Å²) in [4.78, 5) is 10.9. The monoisotopic (exact) mass is 327 g/mol. The number of ether oxygens (including phenoxy) is 1. The summed E-state index contributed by atoms with van der Waals surface area (Å²) in [5.41, 5.74) is 0.788. The van der Waals surface area contributed by atoms with E-state index in [-0.39, 0.29) is 21.2 Å². The summed E-state index contributed by atoms with van der Waals surface area (Å²) in [5.74, 6) is -0.987. The van der Waals surface area contributed by atoms with Crippen LogP contribution in [0.1, 0.15) is 15.2 Å². The van der Waals surface area contributed by atoms with Gasteiger partial charge < -0.3 is 9.84 Å². The van der Waals surface area contributed by atoms with Gasteiger partial charge in [-0.25, -0.2) is 13.2 Å². The summed E-state index contributed by atoms with van der Waals surface area (Å²) >= 11 is 0.949. The topological polar surface area (TPSA) is 92.7 Å². The summed E-state index contributed by atoms with van der Waals surface area (Å²) in [7, 11) is -2.56. The SMILES string of the molecule is COc1ccc(C)cc1S(=O)(=O)Nc1ccsc1C(=O)O. The van der Waals surface area contributed by atoms with Crippen LogP contribution in [0.4, 0.5) is 5.69 Å². The second-order valence-corrected chi connectivity index (χ2v) is 6.80. The first-order chi connectivity index (χ1) is 9.85. The van der Waals surface area contributed by atoms with Crippen molar-refractivity contribution in [3.8, 4) is 5.75 Å². The van der Waals surface area contributed by atoms with Crippen LogP contribution in [-0.4, -0.2) is 26.6 Å². The van der Waals surface area contributed by atoms with E-state index in [2.05, 4.69) is 4.72 Å². The minimum absolute atomic E-state index is 0.0347. The lowest BCUT2D eigenvalue weighted by Crippen LogP contribution is -2.15. The molecule has 1 aromatic carbocycles. The van der Waals surface area contributed by atoms with Gasteiger partial charge in [-0.1, -0.05) is 6.07 Å². The lowest BCUT2D eigenvalue weighted by atomic mass is 10.2. The molecule has 0 radical (unpaired) electrons. The van der Waals surface area contributed by atoms with Crippen molar-refractivity contribution in [2.24, 2.45) is 0 Å². The van der Waals surface area contributed by atoms with E-state index >= 15 is 0 Å². The second-order valence-electron chi connectivity index (χ2n) is 4.23. The molecule has 0 saturated carbocycles. The lowest BCUT2D eigenvalue weighted by Gasteiger charge is -2.12. The van der Waals surface area contributed by atoms with E-state index in [1.807, 2.05) is 0 Å². The number of aromatic carboxylic acids is 1. The zero-order valence-corrected chi connectivity index (χ0v) is 12.9. The fourth-order valence-corrected chi connectivity index (χ4v) is 3.83. The number of sulfonamides is 1. The molecule has 1 heterocycles. The average Bonchev–Trinajstić information content (AvgIpc) is 2.86. The van der Waals surface area contributed by atoms with E-state index in [0.717, 1.165) is 16.9 Å². The summed E-state index contributed by atoms with van der Waals surface area (Å²) < 4.78 is 32.2. The van der Waals surface area contributed by atoms with Crippen LogP contribution < -0.4 is 9.46 Å². The molecule has 8 heteroatoms. The predicted molar refractivity (Wildman–Crippen MR) is 79.8 cm³/mol. The molecule has 1 aromatic heterocycles. The van der Waals surface area contributed by atoms with Crippen molar-refractivity contribution in [1.29, 1.82) is 0 Å². The number of hydrogen-bond acceptors (Lipinski definition) is 5. The molecule has 0 bridgehead atoms. The summed E-state index contributed by atoms with van der Waals surface area (Å²) in [5, 5.41) is 10.5. The molecule has 0 spiro atoms. The number of methoxy groups -OCH3 is 1. The van der Waals surface area contributed by atoms with Crippen molar-refractivity contribution in [2.45, 2.75) is 11.8 Å². The van der Waals surface area contributed by atoms with Gasteiger partial charge in [0.1, 0.15) is 15.5 Å². The van der Waals surface area contributed by atoms with Crippen molar-refractivity contribution < 1.29 is 23.1 Å². The molecule has 0 atom stereocenters. The molecule has 2 rings (SSSR count). The Labute approximate surface area is 126 Å². The Morgan fingerprint density at radius 3 is 2.67 bits per heavy atom. The summed E-state index contributed by atoms with van der Waals surface area (Å²) in [6.07, 6.45) is 0. The lowest BCUT2D eigenvalue weighted by molar-refractivity contribution is 0.0703. The fourth-order valence-electron chi connectivity index (χ4n) is 1.75. The molecule has 0 aliphatic heterocycles. The van der Waals surface area contributed by atoms with Crippen LogP contribution in [0, 0.1) is 6.92 Å². The highest BCUT2D eigenvalue weighted by atomic mass is 32.2. The third-order valence-electron chi connectivity index (χ3n) is 2.71. The highest BCUT2D eigenvalue weighted by molar-refractivity contribution is 7.92. The maximum absolute atomic E-state index is 12.4. The van der Waals surface area contributed by atoms with E-state index in [0.29, 0.717) is 0 Å². The van der Waals surface area contributed by atoms with Crippen LogP contribution in [0.15, 0.2) is 34.5 Å². The minimum atomic E-state index is -3.94. The van der Waals surface area contributed by atoms with Gasteiger partial charge in [-0.05, 0) is 36.1 Å².